The lowest BCUT2D eigenvalue weighted by atomic mass is 9.83. The number of aliphatic hydroxyl groups excluding tert-OH is 1. The summed E-state index contributed by atoms with van der Waals surface area (Å²) in [5, 5.41) is 10.1. The molecule has 1 N–H and O–H groups in total. The highest BCUT2D eigenvalue weighted by Gasteiger charge is 2.60. The van der Waals surface area contributed by atoms with Gasteiger partial charge in [-0.15, -0.1) is 0 Å². The Morgan fingerprint density at radius 3 is 2.57 bits per heavy atom. The van der Waals surface area contributed by atoms with E-state index >= 15 is 0 Å². The molecule has 1 spiro atoms. The summed E-state index contributed by atoms with van der Waals surface area (Å²) < 4.78 is 6.68. The second kappa shape index (κ2) is 10.4. The number of carbonyl (C=O) groups is 3. The first-order valence-corrected chi connectivity index (χ1v) is 14.8. The molecule has 2 fully saturated rings. The van der Waals surface area contributed by atoms with Gasteiger partial charge in [0.15, 0.2) is 5.60 Å². The van der Waals surface area contributed by atoms with Gasteiger partial charge in [-0.05, 0) is 47.7 Å². The van der Waals surface area contributed by atoms with Gasteiger partial charge in [-0.25, -0.2) is 0 Å². The minimum Gasteiger partial charge on any atom is -0.394 e. The molecule has 0 bridgehead atoms. The number of hydrogen-bond acceptors (Lipinski definition) is 5. The minimum atomic E-state index is -1.16. The maximum atomic E-state index is 14.3. The largest absolute Gasteiger partial charge is 0.394 e. The van der Waals surface area contributed by atoms with Gasteiger partial charge in [-0.3, -0.25) is 14.4 Å². The topological polar surface area (TPSA) is 90.4 Å². The van der Waals surface area contributed by atoms with E-state index in [0.29, 0.717) is 38.9 Å². The number of hydrogen-bond donors (Lipinski definition) is 1. The molecule has 3 aromatic rings. The van der Waals surface area contributed by atoms with Crippen molar-refractivity contribution in [1.82, 2.24) is 4.90 Å². The third-order valence-corrected chi connectivity index (χ3v) is 9.52. The van der Waals surface area contributed by atoms with Crippen LogP contribution >= 0.6 is 0 Å². The molecule has 4 aliphatic rings. The van der Waals surface area contributed by atoms with Crippen LogP contribution in [0.4, 0.5) is 11.4 Å². The molecule has 4 aliphatic heterocycles. The third-order valence-electron chi connectivity index (χ3n) is 9.52. The lowest BCUT2D eigenvalue weighted by Gasteiger charge is -2.36. The Kier molecular flexibility index (Phi) is 6.63. The summed E-state index contributed by atoms with van der Waals surface area (Å²) in [7, 11) is 0. The summed E-state index contributed by atoms with van der Waals surface area (Å²) >= 11 is 0. The molecule has 42 heavy (non-hydrogen) atoms. The van der Waals surface area contributed by atoms with Crippen molar-refractivity contribution in [2.24, 2.45) is 5.92 Å². The Hall–Kier alpha value is -4.01. The van der Waals surface area contributed by atoms with E-state index in [1.54, 1.807) is 14.7 Å². The number of nitrogens with zero attached hydrogens (tertiary/aromatic N) is 3. The molecule has 0 unspecified atom stereocenters. The fraction of sp³-hybridized carbons (Fsp3) is 0.382. The van der Waals surface area contributed by atoms with Crippen molar-refractivity contribution in [2.75, 3.05) is 23.0 Å². The number of anilines is 2. The van der Waals surface area contributed by atoms with Crippen molar-refractivity contribution < 1.29 is 24.2 Å². The molecule has 0 aromatic heterocycles. The Balaban J connectivity index is 1.12. The third kappa shape index (κ3) is 4.24. The summed E-state index contributed by atoms with van der Waals surface area (Å²) in [6, 6.07) is 23.4. The van der Waals surface area contributed by atoms with Gasteiger partial charge in [-0.1, -0.05) is 61.5 Å². The molecule has 3 amide bonds. The molecule has 2 saturated heterocycles. The standard InChI is InChI=1S/C34H35N3O5/c1-22-15-28(18-32(40)36-20-25-9-3-2-8-24(25)17-27(36)21-38)42-34(22)29-11-4-5-12-30(29)37(33(34)41)19-23-7-6-10-26(16-23)35-14-13-31(35)39/h2-12,16,22,27-28,38H,13-15,17-21H2,1H3/t22-,27+,28-,34+/m1/s1. The predicted octanol–water partition coefficient (Wildman–Crippen LogP) is 3.93. The van der Waals surface area contributed by atoms with Crippen molar-refractivity contribution in [1.29, 1.82) is 0 Å². The number of carbonyl (C=O) groups excluding carboxylic acids is 3. The first kappa shape index (κ1) is 26.9. The van der Waals surface area contributed by atoms with Crippen LogP contribution in [0.5, 0.6) is 0 Å². The van der Waals surface area contributed by atoms with E-state index in [1.807, 2.05) is 73.7 Å². The van der Waals surface area contributed by atoms with Crippen LogP contribution in [0.1, 0.15) is 48.4 Å². The highest BCUT2D eigenvalue weighted by molar-refractivity contribution is 6.07. The number of benzene rings is 3. The number of rotatable bonds is 6. The molecule has 0 saturated carbocycles. The van der Waals surface area contributed by atoms with Gasteiger partial charge in [0.05, 0.1) is 37.4 Å². The molecule has 4 atom stereocenters. The SMILES string of the molecule is C[C@@H]1C[C@H](CC(=O)N2Cc3ccccc3C[C@H]2CO)O[C@@]12C(=O)N(Cc1cccc(N3CCC3=O)c1)c1ccccc12. The van der Waals surface area contributed by atoms with Gasteiger partial charge >= 0.3 is 0 Å². The second-order valence-corrected chi connectivity index (χ2v) is 12.0. The van der Waals surface area contributed by atoms with Gasteiger partial charge in [0.2, 0.25) is 11.8 Å². The highest BCUT2D eigenvalue weighted by Crippen LogP contribution is 2.54. The van der Waals surface area contributed by atoms with Crippen LogP contribution in [0, 0.1) is 5.92 Å². The Morgan fingerprint density at radius 2 is 1.81 bits per heavy atom. The van der Waals surface area contributed by atoms with Gasteiger partial charge < -0.3 is 24.5 Å². The average molecular weight is 566 g/mol. The van der Waals surface area contributed by atoms with Crippen LogP contribution in [0.25, 0.3) is 0 Å². The van der Waals surface area contributed by atoms with E-state index in [1.165, 1.54) is 5.56 Å². The zero-order valence-corrected chi connectivity index (χ0v) is 23.7. The molecular weight excluding hydrogens is 530 g/mol. The normalized spacial score (nSPS) is 26.4. The molecule has 7 rings (SSSR count). The molecule has 0 aliphatic carbocycles. The zero-order valence-electron chi connectivity index (χ0n) is 23.7. The van der Waals surface area contributed by atoms with Crippen LogP contribution in [0.15, 0.2) is 72.8 Å². The fourth-order valence-electron chi connectivity index (χ4n) is 7.26. The van der Waals surface area contributed by atoms with Crippen molar-refractivity contribution in [2.45, 2.75) is 63.4 Å². The van der Waals surface area contributed by atoms with Crippen LogP contribution in [-0.4, -0.2) is 53.0 Å². The number of amides is 3. The van der Waals surface area contributed by atoms with Gasteiger partial charge in [-0.2, -0.15) is 0 Å². The maximum Gasteiger partial charge on any atom is 0.264 e. The quantitative estimate of drug-likeness (QED) is 0.458. The molecule has 8 nitrogen and oxygen atoms in total. The predicted molar refractivity (Wildman–Crippen MR) is 158 cm³/mol. The van der Waals surface area contributed by atoms with E-state index in [9.17, 15) is 19.5 Å². The van der Waals surface area contributed by atoms with E-state index < -0.39 is 11.7 Å². The lowest BCUT2D eigenvalue weighted by Crippen LogP contribution is -2.47. The average Bonchev–Trinajstić information content (AvgIpc) is 3.45. The van der Waals surface area contributed by atoms with E-state index in [4.69, 9.17) is 4.74 Å². The van der Waals surface area contributed by atoms with Gasteiger partial charge in [0.25, 0.3) is 5.91 Å². The summed E-state index contributed by atoms with van der Waals surface area (Å²) in [5.74, 6) is -0.196. The monoisotopic (exact) mass is 565 g/mol. The zero-order chi connectivity index (χ0) is 29.0. The van der Waals surface area contributed by atoms with E-state index in [-0.39, 0.29) is 42.7 Å². The first-order valence-electron chi connectivity index (χ1n) is 14.8. The van der Waals surface area contributed by atoms with E-state index in [2.05, 4.69) is 6.07 Å². The van der Waals surface area contributed by atoms with Crippen LogP contribution in [0.2, 0.25) is 0 Å². The molecule has 3 aromatic carbocycles. The summed E-state index contributed by atoms with van der Waals surface area (Å²) in [4.78, 5) is 45.3. The Labute approximate surface area is 245 Å². The smallest absolute Gasteiger partial charge is 0.264 e. The van der Waals surface area contributed by atoms with Crippen LogP contribution in [-0.2, 0) is 44.2 Å². The number of para-hydroxylation sites is 1. The number of aliphatic hydroxyl groups is 1. The van der Waals surface area contributed by atoms with Gasteiger partial charge in [0, 0.05) is 36.7 Å². The minimum absolute atomic E-state index is 0.0641. The molecule has 8 heteroatoms. The van der Waals surface area contributed by atoms with Crippen molar-refractivity contribution in [3.05, 3.63) is 95.1 Å². The number of ether oxygens (including phenoxy) is 1. The number of β-lactam (4-membered cyclic amide) rings is 1. The molecule has 4 heterocycles. The summed E-state index contributed by atoms with van der Waals surface area (Å²) in [5.41, 5.74) is 4.56. The molecule has 216 valence electrons. The summed E-state index contributed by atoms with van der Waals surface area (Å²) in [6.07, 6.45) is 1.52. The lowest BCUT2D eigenvalue weighted by molar-refractivity contribution is -0.151. The first-order chi connectivity index (χ1) is 20.4. The fourth-order valence-corrected chi connectivity index (χ4v) is 7.26. The van der Waals surface area contributed by atoms with Crippen LogP contribution < -0.4 is 9.80 Å². The van der Waals surface area contributed by atoms with E-state index in [0.717, 1.165) is 28.1 Å². The Bertz CT molecular complexity index is 1570. The number of fused-ring (bicyclic) bond motifs is 3. The Morgan fingerprint density at radius 1 is 1.02 bits per heavy atom. The molecular formula is C34H35N3O5. The van der Waals surface area contributed by atoms with Gasteiger partial charge in [0.1, 0.15) is 0 Å². The maximum absolute atomic E-state index is 14.3. The second-order valence-electron chi connectivity index (χ2n) is 12.0. The molecule has 0 radical (unpaired) electrons. The highest BCUT2D eigenvalue weighted by atomic mass is 16.5. The van der Waals surface area contributed by atoms with Crippen molar-refractivity contribution in [3.63, 3.8) is 0 Å². The van der Waals surface area contributed by atoms with Crippen molar-refractivity contribution >= 4 is 29.1 Å². The van der Waals surface area contributed by atoms with Crippen LogP contribution in [0.3, 0.4) is 0 Å². The van der Waals surface area contributed by atoms with Crippen molar-refractivity contribution in [3.8, 4) is 0 Å². The summed E-state index contributed by atoms with van der Waals surface area (Å²) in [6.45, 7) is 3.47.